The molecule has 2 N–H and O–H groups in total. The fourth-order valence-corrected chi connectivity index (χ4v) is 2.83. The number of hydrogen-bond acceptors (Lipinski definition) is 4. The number of carbonyl (C=O) groups is 1. The van der Waals surface area contributed by atoms with E-state index in [2.05, 4.69) is 0 Å². The first-order valence-electron chi connectivity index (χ1n) is 7.60. The third-order valence-corrected chi connectivity index (χ3v) is 4.07. The molecule has 1 amide bonds. The summed E-state index contributed by atoms with van der Waals surface area (Å²) in [4.78, 5) is 12.9. The molecule has 1 saturated heterocycles. The van der Waals surface area contributed by atoms with Gasteiger partial charge in [0.1, 0.15) is 12.4 Å². The highest BCUT2D eigenvalue weighted by molar-refractivity contribution is 5.77. The van der Waals surface area contributed by atoms with Gasteiger partial charge in [0.15, 0.2) is 0 Å². The number of primary amides is 1. The monoisotopic (exact) mass is 346 g/mol. The molecule has 1 fully saturated rings. The van der Waals surface area contributed by atoms with Gasteiger partial charge < -0.3 is 15.2 Å². The van der Waals surface area contributed by atoms with Crippen LogP contribution in [0.1, 0.15) is 5.56 Å². The zero-order chi connectivity index (χ0) is 17.7. The van der Waals surface area contributed by atoms with E-state index in [0.717, 1.165) is 5.56 Å². The smallest absolute Gasteiger partial charge is 0.393 e. The number of hydrogen-bond donors (Lipinski definition) is 1. The highest BCUT2D eigenvalue weighted by Crippen LogP contribution is 2.37. The highest BCUT2D eigenvalue weighted by atomic mass is 19.4. The van der Waals surface area contributed by atoms with Gasteiger partial charge in [0.2, 0.25) is 5.91 Å². The third kappa shape index (κ3) is 4.85. The number of rotatable bonds is 7. The minimum absolute atomic E-state index is 0.0194. The van der Waals surface area contributed by atoms with Crippen molar-refractivity contribution in [2.45, 2.75) is 12.7 Å². The van der Waals surface area contributed by atoms with Gasteiger partial charge >= 0.3 is 6.18 Å². The zero-order valence-corrected chi connectivity index (χ0v) is 13.4. The zero-order valence-electron chi connectivity index (χ0n) is 13.4. The largest absolute Gasteiger partial charge is 0.491 e. The van der Waals surface area contributed by atoms with Crippen LogP contribution in [0.25, 0.3) is 0 Å². The Balaban J connectivity index is 1.95. The summed E-state index contributed by atoms with van der Waals surface area (Å²) in [6.45, 7) is 1.03. The Morgan fingerprint density at radius 1 is 1.25 bits per heavy atom. The summed E-state index contributed by atoms with van der Waals surface area (Å²) in [7, 11) is 1.58. The molecule has 8 heteroatoms. The Morgan fingerprint density at radius 3 is 2.42 bits per heavy atom. The third-order valence-electron chi connectivity index (χ3n) is 4.07. The van der Waals surface area contributed by atoms with E-state index in [1.807, 2.05) is 0 Å². The molecule has 1 heterocycles. The quantitative estimate of drug-likeness (QED) is 0.765. The lowest BCUT2D eigenvalue weighted by Gasteiger charge is -2.19. The van der Waals surface area contributed by atoms with Crippen molar-refractivity contribution in [2.75, 3.05) is 33.4 Å². The average Bonchev–Trinajstić information content (AvgIpc) is 2.94. The normalized spacial score (nSPS) is 21.8. The van der Waals surface area contributed by atoms with Crippen LogP contribution in [-0.2, 0) is 16.1 Å². The summed E-state index contributed by atoms with van der Waals surface area (Å²) in [6, 6.07) is 7.10. The second kappa shape index (κ2) is 7.85. The fourth-order valence-electron chi connectivity index (χ4n) is 2.83. The maximum atomic E-state index is 13.0. The van der Waals surface area contributed by atoms with Crippen molar-refractivity contribution < 1.29 is 27.4 Å². The van der Waals surface area contributed by atoms with Crippen LogP contribution in [0.4, 0.5) is 13.2 Å². The predicted molar refractivity (Wildman–Crippen MR) is 81.3 cm³/mol. The standard InChI is InChI=1S/C16H21F3N2O3/c1-23-6-7-24-12-4-2-11(3-5-12)8-21-9-13(15(20)22)14(10-21)16(17,18)19/h2-5,13-14H,6-10H2,1H3,(H2,20,22)/t13-,14-/m1/s1. The van der Waals surface area contributed by atoms with Crippen LogP contribution in [0, 0.1) is 11.8 Å². The second-order valence-electron chi connectivity index (χ2n) is 5.84. The maximum Gasteiger partial charge on any atom is 0.393 e. The summed E-state index contributed by atoms with van der Waals surface area (Å²) in [5.74, 6) is -3.13. The number of nitrogens with two attached hydrogens (primary N) is 1. The molecule has 1 aliphatic heterocycles. The molecule has 0 radical (unpaired) electrons. The van der Waals surface area contributed by atoms with Gasteiger partial charge in [-0.1, -0.05) is 12.1 Å². The van der Waals surface area contributed by atoms with Crippen LogP contribution in [-0.4, -0.2) is 50.4 Å². The van der Waals surface area contributed by atoms with Crippen LogP contribution in [0.15, 0.2) is 24.3 Å². The van der Waals surface area contributed by atoms with E-state index >= 15 is 0 Å². The summed E-state index contributed by atoms with van der Waals surface area (Å²) in [5.41, 5.74) is 5.97. The van der Waals surface area contributed by atoms with E-state index < -0.39 is 23.9 Å². The van der Waals surface area contributed by atoms with Gasteiger partial charge in [0.05, 0.1) is 18.4 Å². The summed E-state index contributed by atoms with van der Waals surface area (Å²) < 4.78 is 49.4. The molecule has 24 heavy (non-hydrogen) atoms. The van der Waals surface area contributed by atoms with Crippen LogP contribution in [0.5, 0.6) is 5.75 Å². The summed E-state index contributed by atoms with van der Waals surface area (Å²) in [5, 5.41) is 0. The molecular formula is C16H21F3N2O3. The molecule has 2 atom stereocenters. The first-order chi connectivity index (χ1) is 11.3. The molecule has 1 aliphatic rings. The number of amides is 1. The second-order valence-corrected chi connectivity index (χ2v) is 5.84. The fraction of sp³-hybridized carbons (Fsp3) is 0.562. The molecule has 0 spiro atoms. The number of benzene rings is 1. The first kappa shape index (κ1) is 18.5. The van der Waals surface area contributed by atoms with Crippen molar-refractivity contribution in [2.24, 2.45) is 17.6 Å². The number of likely N-dealkylation sites (tertiary alicyclic amines) is 1. The Morgan fingerprint density at radius 2 is 1.92 bits per heavy atom. The lowest BCUT2D eigenvalue weighted by Crippen LogP contribution is -2.37. The van der Waals surface area contributed by atoms with Gasteiger partial charge in [-0.25, -0.2) is 0 Å². The summed E-state index contributed by atoms with van der Waals surface area (Å²) in [6.07, 6.45) is -4.42. The van der Waals surface area contributed by atoms with Gasteiger partial charge in [0, 0.05) is 26.7 Å². The number of ether oxygens (including phenoxy) is 2. The molecule has 2 rings (SSSR count). The molecule has 0 saturated carbocycles. The van der Waals surface area contributed by atoms with Crippen molar-refractivity contribution in [3.8, 4) is 5.75 Å². The SMILES string of the molecule is COCCOc1ccc(CN2C[C@@H](C(F)(F)F)[C@H](C(N)=O)C2)cc1. The molecule has 0 aromatic heterocycles. The van der Waals surface area contributed by atoms with Crippen LogP contribution < -0.4 is 10.5 Å². The number of halogens is 3. The van der Waals surface area contributed by atoms with Crippen molar-refractivity contribution in [1.82, 2.24) is 4.90 Å². The van der Waals surface area contributed by atoms with Gasteiger partial charge in [0.25, 0.3) is 0 Å². The Hall–Kier alpha value is -1.80. The Kier molecular flexibility index (Phi) is 6.06. The van der Waals surface area contributed by atoms with Gasteiger partial charge in [-0.3, -0.25) is 9.69 Å². The molecule has 0 aliphatic carbocycles. The van der Waals surface area contributed by atoms with Crippen LogP contribution in [0.3, 0.4) is 0 Å². The number of carbonyl (C=O) groups excluding carboxylic acids is 1. The number of nitrogens with zero attached hydrogens (tertiary/aromatic N) is 1. The minimum atomic E-state index is -4.42. The van der Waals surface area contributed by atoms with E-state index in [4.69, 9.17) is 15.2 Å². The van der Waals surface area contributed by atoms with Crippen LogP contribution >= 0.6 is 0 Å². The Bertz CT molecular complexity index is 548. The topological polar surface area (TPSA) is 64.8 Å². The molecular weight excluding hydrogens is 325 g/mol. The lowest BCUT2D eigenvalue weighted by atomic mass is 9.95. The summed E-state index contributed by atoms with van der Waals surface area (Å²) >= 11 is 0. The van der Waals surface area contributed by atoms with Crippen molar-refractivity contribution in [1.29, 1.82) is 0 Å². The van der Waals surface area contributed by atoms with Gasteiger partial charge in [-0.05, 0) is 17.7 Å². The lowest BCUT2D eigenvalue weighted by molar-refractivity contribution is -0.182. The van der Waals surface area contributed by atoms with Gasteiger partial charge in [-0.15, -0.1) is 0 Å². The molecule has 1 aromatic carbocycles. The van der Waals surface area contributed by atoms with Crippen molar-refractivity contribution >= 4 is 5.91 Å². The Labute approximate surface area is 138 Å². The van der Waals surface area contributed by atoms with Crippen LogP contribution in [0.2, 0.25) is 0 Å². The first-order valence-corrected chi connectivity index (χ1v) is 7.60. The van der Waals surface area contributed by atoms with Crippen molar-refractivity contribution in [3.05, 3.63) is 29.8 Å². The van der Waals surface area contributed by atoms with E-state index in [0.29, 0.717) is 25.5 Å². The van der Waals surface area contributed by atoms with Gasteiger partial charge in [-0.2, -0.15) is 13.2 Å². The highest BCUT2D eigenvalue weighted by Gasteiger charge is 2.51. The van der Waals surface area contributed by atoms with Crippen molar-refractivity contribution in [3.63, 3.8) is 0 Å². The van der Waals surface area contributed by atoms with E-state index in [1.54, 1.807) is 36.3 Å². The van der Waals surface area contributed by atoms with E-state index in [9.17, 15) is 18.0 Å². The molecule has 5 nitrogen and oxygen atoms in total. The molecule has 0 bridgehead atoms. The van der Waals surface area contributed by atoms with E-state index in [-0.39, 0.29) is 13.1 Å². The van der Waals surface area contributed by atoms with E-state index in [1.165, 1.54) is 0 Å². The minimum Gasteiger partial charge on any atom is -0.491 e. The average molecular weight is 346 g/mol. The maximum absolute atomic E-state index is 13.0. The number of alkyl halides is 3. The molecule has 0 unspecified atom stereocenters. The molecule has 134 valence electrons. The predicted octanol–water partition coefficient (Wildman–Crippen LogP) is 1.81. The number of methoxy groups -OCH3 is 1. The molecule has 1 aromatic rings.